The SMILES string of the molecule is CC1CCC(C(F)(F)C(F)(F)C2CCC(C)CC2)CC1. The molecular weight excluding hydrogens is 268 g/mol. The van der Waals surface area contributed by atoms with E-state index in [9.17, 15) is 17.6 Å². The molecular formula is C16H26F4. The van der Waals surface area contributed by atoms with E-state index in [2.05, 4.69) is 0 Å². The van der Waals surface area contributed by atoms with Gasteiger partial charge in [0.15, 0.2) is 0 Å². The molecule has 2 aliphatic carbocycles. The van der Waals surface area contributed by atoms with Crippen LogP contribution in [0.3, 0.4) is 0 Å². The van der Waals surface area contributed by atoms with Crippen LogP contribution in [0.2, 0.25) is 0 Å². The van der Waals surface area contributed by atoms with E-state index in [1.54, 1.807) is 0 Å². The Bertz CT molecular complexity index is 278. The van der Waals surface area contributed by atoms with E-state index in [1.807, 2.05) is 13.8 Å². The number of rotatable bonds is 3. The molecule has 0 atom stereocenters. The summed E-state index contributed by atoms with van der Waals surface area (Å²) < 4.78 is 57.4. The highest BCUT2D eigenvalue weighted by atomic mass is 19.3. The Labute approximate surface area is 119 Å². The smallest absolute Gasteiger partial charge is 0.200 e. The van der Waals surface area contributed by atoms with Crippen LogP contribution < -0.4 is 0 Å². The molecule has 0 radical (unpaired) electrons. The lowest BCUT2D eigenvalue weighted by atomic mass is 9.72. The minimum absolute atomic E-state index is 0.243. The zero-order valence-corrected chi connectivity index (χ0v) is 12.5. The highest BCUT2D eigenvalue weighted by molar-refractivity contribution is 4.97. The van der Waals surface area contributed by atoms with Gasteiger partial charge >= 0.3 is 11.8 Å². The topological polar surface area (TPSA) is 0 Å². The zero-order chi connectivity index (χ0) is 15.0. The summed E-state index contributed by atoms with van der Waals surface area (Å²) in [5.41, 5.74) is 0. The average molecular weight is 294 g/mol. The third-order valence-electron chi connectivity index (χ3n) is 5.50. The summed E-state index contributed by atoms with van der Waals surface area (Å²) in [5, 5.41) is 0. The number of hydrogen-bond acceptors (Lipinski definition) is 0. The van der Waals surface area contributed by atoms with E-state index in [4.69, 9.17) is 0 Å². The Morgan fingerprint density at radius 1 is 0.550 bits per heavy atom. The first-order chi connectivity index (χ1) is 9.25. The molecule has 0 spiro atoms. The molecule has 0 aromatic rings. The van der Waals surface area contributed by atoms with E-state index in [1.165, 1.54) is 0 Å². The zero-order valence-electron chi connectivity index (χ0n) is 12.5. The summed E-state index contributed by atoms with van der Waals surface area (Å²) in [6, 6.07) is 0. The predicted molar refractivity (Wildman–Crippen MR) is 72.1 cm³/mol. The molecule has 2 saturated carbocycles. The van der Waals surface area contributed by atoms with E-state index in [0.29, 0.717) is 37.5 Å². The number of hydrogen-bond donors (Lipinski definition) is 0. The van der Waals surface area contributed by atoms with Crippen LogP contribution in [0.1, 0.15) is 65.2 Å². The summed E-state index contributed by atoms with van der Waals surface area (Å²) in [6.07, 6.45) is 3.58. The van der Waals surface area contributed by atoms with Crippen molar-refractivity contribution in [3.8, 4) is 0 Å². The van der Waals surface area contributed by atoms with Gasteiger partial charge < -0.3 is 0 Å². The third-order valence-corrected chi connectivity index (χ3v) is 5.50. The van der Waals surface area contributed by atoms with Gasteiger partial charge in [-0.2, -0.15) is 17.6 Å². The first-order valence-corrected chi connectivity index (χ1v) is 8.00. The van der Waals surface area contributed by atoms with E-state index >= 15 is 0 Å². The van der Waals surface area contributed by atoms with Gasteiger partial charge in [-0.25, -0.2) is 0 Å². The average Bonchev–Trinajstić information content (AvgIpc) is 2.39. The highest BCUT2D eigenvalue weighted by Gasteiger charge is 2.63. The van der Waals surface area contributed by atoms with Gasteiger partial charge in [0.2, 0.25) is 0 Å². The van der Waals surface area contributed by atoms with Gasteiger partial charge in [0.05, 0.1) is 0 Å². The molecule has 0 bridgehead atoms. The van der Waals surface area contributed by atoms with E-state index in [0.717, 1.165) is 0 Å². The van der Waals surface area contributed by atoms with Gasteiger partial charge in [-0.05, 0) is 37.5 Å². The van der Waals surface area contributed by atoms with Crippen LogP contribution in [0, 0.1) is 23.7 Å². The Hall–Kier alpha value is -0.280. The Morgan fingerprint density at radius 2 is 0.800 bits per heavy atom. The maximum Gasteiger partial charge on any atom is 0.313 e. The number of halogens is 4. The van der Waals surface area contributed by atoms with Crippen LogP contribution in [0.4, 0.5) is 17.6 Å². The molecule has 2 aliphatic rings. The lowest BCUT2D eigenvalue weighted by Crippen LogP contribution is -2.52. The summed E-state index contributed by atoms with van der Waals surface area (Å²) >= 11 is 0. The summed E-state index contributed by atoms with van der Waals surface area (Å²) in [4.78, 5) is 0. The third kappa shape index (κ3) is 2.99. The van der Waals surface area contributed by atoms with E-state index in [-0.39, 0.29) is 25.7 Å². The quantitative estimate of drug-likeness (QED) is 0.568. The van der Waals surface area contributed by atoms with Gasteiger partial charge in [0, 0.05) is 11.8 Å². The molecule has 0 aromatic carbocycles. The van der Waals surface area contributed by atoms with Gasteiger partial charge in [-0.3, -0.25) is 0 Å². The van der Waals surface area contributed by atoms with Crippen LogP contribution >= 0.6 is 0 Å². The largest absolute Gasteiger partial charge is 0.313 e. The molecule has 20 heavy (non-hydrogen) atoms. The van der Waals surface area contributed by atoms with Crippen molar-refractivity contribution in [3.05, 3.63) is 0 Å². The van der Waals surface area contributed by atoms with Crippen LogP contribution in [0.5, 0.6) is 0 Å². The molecule has 0 amide bonds. The Kier molecular flexibility index (Phi) is 4.70. The van der Waals surface area contributed by atoms with Gasteiger partial charge in [0.25, 0.3) is 0 Å². The van der Waals surface area contributed by atoms with Crippen molar-refractivity contribution in [1.29, 1.82) is 0 Å². The second-order valence-corrected chi connectivity index (χ2v) is 7.16. The van der Waals surface area contributed by atoms with Crippen molar-refractivity contribution in [2.75, 3.05) is 0 Å². The van der Waals surface area contributed by atoms with Gasteiger partial charge in [0.1, 0.15) is 0 Å². The first kappa shape index (κ1) is 16.1. The lowest BCUT2D eigenvalue weighted by Gasteiger charge is -2.41. The molecule has 0 heterocycles. The highest BCUT2D eigenvalue weighted by Crippen LogP contribution is 2.53. The minimum atomic E-state index is -3.83. The molecule has 0 saturated heterocycles. The maximum absolute atomic E-state index is 14.3. The molecule has 0 N–H and O–H groups in total. The molecule has 0 aliphatic heterocycles. The van der Waals surface area contributed by atoms with Crippen LogP contribution in [-0.2, 0) is 0 Å². The summed E-state index contributed by atoms with van der Waals surface area (Å²) in [5.74, 6) is -9.14. The van der Waals surface area contributed by atoms with Crippen LogP contribution in [0.25, 0.3) is 0 Å². The van der Waals surface area contributed by atoms with Crippen LogP contribution in [0.15, 0.2) is 0 Å². The molecule has 118 valence electrons. The summed E-state index contributed by atoms with van der Waals surface area (Å²) in [7, 11) is 0. The molecule has 2 fully saturated rings. The minimum Gasteiger partial charge on any atom is -0.200 e. The second-order valence-electron chi connectivity index (χ2n) is 7.16. The van der Waals surface area contributed by atoms with Crippen molar-refractivity contribution in [3.63, 3.8) is 0 Å². The fraction of sp³-hybridized carbons (Fsp3) is 1.00. The molecule has 0 unspecified atom stereocenters. The van der Waals surface area contributed by atoms with Crippen molar-refractivity contribution >= 4 is 0 Å². The normalized spacial score (nSPS) is 36.9. The fourth-order valence-electron chi connectivity index (χ4n) is 3.79. The molecule has 0 nitrogen and oxygen atoms in total. The fourth-order valence-corrected chi connectivity index (χ4v) is 3.79. The summed E-state index contributed by atoms with van der Waals surface area (Å²) in [6.45, 7) is 4.02. The van der Waals surface area contributed by atoms with Crippen molar-refractivity contribution in [1.82, 2.24) is 0 Å². The second kappa shape index (κ2) is 5.84. The predicted octanol–water partition coefficient (Wildman–Crippen LogP) is 5.91. The maximum atomic E-state index is 14.3. The lowest BCUT2D eigenvalue weighted by molar-refractivity contribution is -0.269. The van der Waals surface area contributed by atoms with Crippen molar-refractivity contribution in [2.45, 2.75) is 77.1 Å². The van der Waals surface area contributed by atoms with E-state index < -0.39 is 23.7 Å². The van der Waals surface area contributed by atoms with Crippen molar-refractivity contribution in [2.24, 2.45) is 23.7 Å². The Balaban J connectivity index is 2.06. The van der Waals surface area contributed by atoms with Gasteiger partial charge in [-0.15, -0.1) is 0 Å². The molecule has 0 aromatic heterocycles. The monoisotopic (exact) mass is 294 g/mol. The standard InChI is InChI=1S/C16H26F4/c1-11-3-7-13(8-4-11)15(17,18)16(19,20)14-9-5-12(2)6-10-14/h11-14H,3-10H2,1-2H3. The molecule has 2 rings (SSSR count). The number of alkyl halides is 4. The van der Waals surface area contributed by atoms with Gasteiger partial charge in [-0.1, -0.05) is 39.5 Å². The van der Waals surface area contributed by atoms with Crippen LogP contribution in [-0.4, -0.2) is 11.8 Å². The van der Waals surface area contributed by atoms with Crippen molar-refractivity contribution < 1.29 is 17.6 Å². The first-order valence-electron chi connectivity index (χ1n) is 8.00. The Morgan fingerprint density at radius 3 is 1.05 bits per heavy atom. The molecule has 4 heteroatoms.